The monoisotopic (exact) mass is 264 g/mol. The van der Waals surface area contributed by atoms with Crippen molar-refractivity contribution in [3.8, 4) is 0 Å². The Hall–Kier alpha value is -1.03. The number of thioether (sulfide) groups is 1. The molecule has 0 bridgehead atoms. The van der Waals surface area contributed by atoms with Crippen LogP contribution in [0.4, 0.5) is 10.1 Å². The Labute approximate surface area is 111 Å². The van der Waals surface area contributed by atoms with E-state index in [2.05, 4.69) is 5.32 Å². The van der Waals surface area contributed by atoms with E-state index in [1.54, 1.807) is 23.9 Å². The first-order valence-electron chi connectivity index (χ1n) is 6.54. The van der Waals surface area contributed by atoms with Crippen molar-refractivity contribution < 1.29 is 4.39 Å². The average molecular weight is 264 g/mol. The fraction of sp³-hybridized carbons (Fsp3) is 0.500. The summed E-state index contributed by atoms with van der Waals surface area (Å²) in [5.41, 5.74) is 0.914. The van der Waals surface area contributed by atoms with Crippen molar-refractivity contribution >= 4 is 22.6 Å². The summed E-state index contributed by atoms with van der Waals surface area (Å²) in [5, 5.41) is 4.28. The third kappa shape index (κ3) is 2.69. The number of hydrogen-bond donors (Lipinski definition) is 1. The molecule has 0 aromatic heterocycles. The van der Waals surface area contributed by atoms with Crippen molar-refractivity contribution in [2.45, 2.75) is 31.7 Å². The molecule has 1 saturated carbocycles. The van der Waals surface area contributed by atoms with Crippen LogP contribution in [0, 0.1) is 11.7 Å². The molecule has 2 unspecified atom stereocenters. The molecule has 0 spiro atoms. The van der Waals surface area contributed by atoms with Crippen LogP contribution in [0.15, 0.2) is 29.3 Å². The molecular formula is C14H17FN2S. The van der Waals surface area contributed by atoms with E-state index in [-0.39, 0.29) is 5.82 Å². The second-order valence-electron chi connectivity index (χ2n) is 4.99. The van der Waals surface area contributed by atoms with Crippen LogP contribution >= 0.6 is 11.8 Å². The van der Waals surface area contributed by atoms with Crippen LogP contribution in [-0.2, 0) is 0 Å². The number of anilines is 1. The largest absolute Gasteiger partial charge is 0.335 e. The molecule has 1 aromatic carbocycles. The molecule has 2 nitrogen and oxygen atoms in total. The Bertz CT molecular complexity index is 444. The lowest BCUT2D eigenvalue weighted by Crippen LogP contribution is -2.31. The molecule has 2 atom stereocenters. The first-order chi connectivity index (χ1) is 8.81. The molecule has 0 saturated heterocycles. The van der Waals surface area contributed by atoms with Crippen LogP contribution < -0.4 is 5.32 Å². The van der Waals surface area contributed by atoms with Gasteiger partial charge in [-0.3, -0.25) is 4.99 Å². The van der Waals surface area contributed by atoms with Gasteiger partial charge in [0.15, 0.2) is 5.17 Å². The van der Waals surface area contributed by atoms with Gasteiger partial charge in [0.05, 0.1) is 6.04 Å². The molecule has 2 aliphatic rings. The molecule has 4 heteroatoms. The highest BCUT2D eigenvalue weighted by Crippen LogP contribution is 2.34. The van der Waals surface area contributed by atoms with Gasteiger partial charge in [0, 0.05) is 11.4 Å². The summed E-state index contributed by atoms with van der Waals surface area (Å²) in [6.07, 6.45) is 5.21. The predicted molar refractivity (Wildman–Crippen MR) is 75.7 cm³/mol. The van der Waals surface area contributed by atoms with Crippen LogP contribution in [0.3, 0.4) is 0 Å². The molecule has 1 aliphatic heterocycles. The fourth-order valence-corrected chi connectivity index (χ4v) is 3.81. The second-order valence-corrected chi connectivity index (χ2v) is 6.00. The maximum absolute atomic E-state index is 12.8. The molecule has 1 N–H and O–H groups in total. The molecular weight excluding hydrogens is 247 g/mol. The van der Waals surface area contributed by atoms with Crippen LogP contribution in [-0.4, -0.2) is 17.0 Å². The number of nitrogens with zero attached hydrogens (tertiary/aromatic N) is 1. The topological polar surface area (TPSA) is 24.4 Å². The SMILES string of the molecule is Fc1ccc(NC2=NC3CCCCC3CS2)cc1. The van der Waals surface area contributed by atoms with Gasteiger partial charge in [-0.25, -0.2) is 4.39 Å². The lowest BCUT2D eigenvalue weighted by molar-refractivity contribution is 0.336. The summed E-state index contributed by atoms with van der Waals surface area (Å²) in [5.74, 6) is 1.73. The summed E-state index contributed by atoms with van der Waals surface area (Å²) in [7, 11) is 0. The molecule has 0 radical (unpaired) electrons. The number of halogens is 1. The van der Waals surface area contributed by atoms with Gasteiger partial charge in [-0.2, -0.15) is 0 Å². The van der Waals surface area contributed by atoms with Gasteiger partial charge in [0.1, 0.15) is 5.82 Å². The van der Waals surface area contributed by atoms with Gasteiger partial charge < -0.3 is 5.32 Å². The Balaban J connectivity index is 1.69. The van der Waals surface area contributed by atoms with Crippen molar-refractivity contribution in [2.75, 3.05) is 11.1 Å². The van der Waals surface area contributed by atoms with Crippen LogP contribution in [0.2, 0.25) is 0 Å². The van der Waals surface area contributed by atoms with Gasteiger partial charge >= 0.3 is 0 Å². The summed E-state index contributed by atoms with van der Waals surface area (Å²) in [6, 6.07) is 6.96. The number of benzene rings is 1. The first-order valence-corrected chi connectivity index (χ1v) is 7.53. The maximum Gasteiger partial charge on any atom is 0.161 e. The van der Waals surface area contributed by atoms with E-state index in [4.69, 9.17) is 4.99 Å². The zero-order chi connectivity index (χ0) is 12.4. The third-order valence-electron chi connectivity index (χ3n) is 3.68. The molecule has 1 heterocycles. The molecule has 3 rings (SSSR count). The average Bonchev–Trinajstić information content (AvgIpc) is 2.41. The Morgan fingerprint density at radius 3 is 2.78 bits per heavy atom. The van der Waals surface area contributed by atoms with E-state index >= 15 is 0 Å². The number of aliphatic imine (C=N–C) groups is 1. The lowest BCUT2D eigenvalue weighted by atomic mass is 9.86. The highest BCUT2D eigenvalue weighted by atomic mass is 32.2. The highest BCUT2D eigenvalue weighted by molar-refractivity contribution is 8.14. The number of amidine groups is 1. The van der Waals surface area contributed by atoms with E-state index in [1.807, 2.05) is 0 Å². The van der Waals surface area contributed by atoms with Crippen molar-refractivity contribution in [3.05, 3.63) is 30.1 Å². The second kappa shape index (κ2) is 5.31. The van der Waals surface area contributed by atoms with E-state index < -0.39 is 0 Å². The van der Waals surface area contributed by atoms with E-state index in [1.165, 1.54) is 37.8 Å². The predicted octanol–water partition coefficient (Wildman–Crippen LogP) is 3.90. The Morgan fingerprint density at radius 1 is 1.17 bits per heavy atom. The minimum absolute atomic E-state index is 0.203. The molecule has 1 aromatic rings. The summed E-state index contributed by atoms with van der Waals surface area (Å²) in [4.78, 5) is 4.80. The van der Waals surface area contributed by atoms with E-state index in [9.17, 15) is 4.39 Å². The third-order valence-corrected chi connectivity index (χ3v) is 4.76. The highest BCUT2D eigenvalue weighted by Gasteiger charge is 2.28. The first kappa shape index (κ1) is 12.0. The van der Waals surface area contributed by atoms with Crippen molar-refractivity contribution in [2.24, 2.45) is 10.9 Å². The van der Waals surface area contributed by atoms with Gasteiger partial charge in [-0.15, -0.1) is 0 Å². The minimum Gasteiger partial charge on any atom is -0.335 e. The van der Waals surface area contributed by atoms with E-state index in [0.29, 0.717) is 6.04 Å². The number of fused-ring (bicyclic) bond motifs is 1. The van der Waals surface area contributed by atoms with E-state index in [0.717, 1.165) is 22.5 Å². The van der Waals surface area contributed by atoms with Crippen molar-refractivity contribution in [3.63, 3.8) is 0 Å². The number of nitrogens with one attached hydrogen (secondary N) is 1. The minimum atomic E-state index is -0.203. The van der Waals surface area contributed by atoms with Crippen molar-refractivity contribution in [1.29, 1.82) is 0 Å². The molecule has 1 aliphatic carbocycles. The Kier molecular flexibility index (Phi) is 3.55. The quantitative estimate of drug-likeness (QED) is 0.832. The van der Waals surface area contributed by atoms with Crippen LogP contribution in [0.5, 0.6) is 0 Å². The summed E-state index contributed by atoms with van der Waals surface area (Å²) < 4.78 is 12.8. The zero-order valence-corrected chi connectivity index (χ0v) is 11.0. The molecule has 18 heavy (non-hydrogen) atoms. The van der Waals surface area contributed by atoms with Gasteiger partial charge in [-0.05, 0) is 43.0 Å². The van der Waals surface area contributed by atoms with Gasteiger partial charge in [-0.1, -0.05) is 24.6 Å². The summed E-state index contributed by atoms with van der Waals surface area (Å²) >= 11 is 1.79. The van der Waals surface area contributed by atoms with Crippen LogP contribution in [0.25, 0.3) is 0 Å². The Morgan fingerprint density at radius 2 is 1.94 bits per heavy atom. The lowest BCUT2D eigenvalue weighted by Gasteiger charge is -2.32. The summed E-state index contributed by atoms with van der Waals surface area (Å²) in [6.45, 7) is 0. The number of hydrogen-bond acceptors (Lipinski definition) is 3. The maximum atomic E-state index is 12.8. The normalized spacial score (nSPS) is 27.3. The number of rotatable bonds is 1. The standard InChI is InChI=1S/C14H17FN2S/c15-11-5-7-12(8-6-11)16-14-17-13-4-2-1-3-10(13)9-18-14/h5-8,10,13H,1-4,9H2,(H,16,17). The molecule has 96 valence electrons. The van der Waals surface area contributed by atoms with Gasteiger partial charge in [0.2, 0.25) is 0 Å². The smallest absolute Gasteiger partial charge is 0.161 e. The zero-order valence-electron chi connectivity index (χ0n) is 10.2. The molecule has 0 amide bonds. The fourth-order valence-electron chi connectivity index (χ4n) is 2.65. The molecule has 1 fully saturated rings. The van der Waals surface area contributed by atoms with Gasteiger partial charge in [0.25, 0.3) is 0 Å². The van der Waals surface area contributed by atoms with Crippen LogP contribution in [0.1, 0.15) is 25.7 Å². The van der Waals surface area contributed by atoms with Crippen molar-refractivity contribution in [1.82, 2.24) is 0 Å².